The standard InChI is InChI=1S/C14H13F2NO/c1-2-9-4-3-5-17-13(9)14(18)10-6-11(15)8-12(16)7-10/h3-8,14,18H,2H2,1H3. The van der Waals surface area contributed by atoms with Gasteiger partial charge in [-0.15, -0.1) is 0 Å². The summed E-state index contributed by atoms with van der Waals surface area (Å²) in [7, 11) is 0. The molecule has 2 rings (SSSR count). The molecule has 0 radical (unpaired) electrons. The molecule has 2 nitrogen and oxygen atoms in total. The highest BCUT2D eigenvalue weighted by molar-refractivity contribution is 5.31. The SMILES string of the molecule is CCc1cccnc1C(O)c1cc(F)cc(F)c1. The molecule has 1 heterocycles. The van der Waals surface area contributed by atoms with E-state index in [1.165, 1.54) is 0 Å². The maximum Gasteiger partial charge on any atom is 0.126 e. The molecule has 94 valence electrons. The molecule has 4 heteroatoms. The van der Waals surface area contributed by atoms with Gasteiger partial charge in [-0.1, -0.05) is 13.0 Å². The summed E-state index contributed by atoms with van der Waals surface area (Å²) in [5.41, 5.74) is 1.46. The zero-order valence-corrected chi connectivity index (χ0v) is 9.90. The third-order valence-corrected chi connectivity index (χ3v) is 2.77. The second-order valence-corrected chi connectivity index (χ2v) is 4.01. The predicted octanol–water partition coefficient (Wildman–Crippen LogP) is 3.00. The van der Waals surface area contributed by atoms with Gasteiger partial charge in [0.25, 0.3) is 0 Å². The molecule has 1 unspecified atom stereocenters. The molecule has 1 atom stereocenters. The maximum atomic E-state index is 13.1. The van der Waals surface area contributed by atoms with Crippen molar-refractivity contribution in [3.05, 3.63) is 65.0 Å². The highest BCUT2D eigenvalue weighted by atomic mass is 19.1. The van der Waals surface area contributed by atoms with Gasteiger partial charge in [-0.3, -0.25) is 4.98 Å². The van der Waals surface area contributed by atoms with Crippen molar-refractivity contribution < 1.29 is 13.9 Å². The van der Waals surface area contributed by atoms with Crippen LogP contribution in [0.4, 0.5) is 8.78 Å². The van der Waals surface area contributed by atoms with E-state index in [-0.39, 0.29) is 5.56 Å². The Balaban J connectivity index is 2.44. The van der Waals surface area contributed by atoms with Gasteiger partial charge in [-0.25, -0.2) is 8.78 Å². The summed E-state index contributed by atoms with van der Waals surface area (Å²) in [4.78, 5) is 4.09. The van der Waals surface area contributed by atoms with Gasteiger partial charge in [0.2, 0.25) is 0 Å². The number of halogens is 2. The number of benzene rings is 1. The third-order valence-electron chi connectivity index (χ3n) is 2.77. The van der Waals surface area contributed by atoms with Gasteiger partial charge < -0.3 is 5.11 Å². The summed E-state index contributed by atoms with van der Waals surface area (Å²) in [5, 5.41) is 10.2. The smallest absolute Gasteiger partial charge is 0.126 e. The molecule has 0 saturated heterocycles. The van der Waals surface area contributed by atoms with Gasteiger partial charge in [0, 0.05) is 12.3 Å². The second kappa shape index (κ2) is 5.23. The Morgan fingerprint density at radius 3 is 2.50 bits per heavy atom. The molecule has 0 saturated carbocycles. The quantitative estimate of drug-likeness (QED) is 0.907. The van der Waals surface area contributed by atoms with Crippen molar-refractivity contribution in [2.75, 3.05) is 0 Å². The minimum Gasteiger partial charge on any atom is -0.382 e. The summed E-state index contributed by atoms with van der Waals surface area (Å²) in [6.07, 6.45) is 1.12. The Morgan fingerprint density at radius 1 is 1.22 bits per heavy atom. The van der Waals surface area contributed by atoms with Crippen LogP contribution in [-0.2, 0) is 6.42 Å². The largest absolute Gasteiger partial charge is 0.382 e. The number of aryl methyl sites for hydroxylation is 1. The van der Waals surface area contributed by atoms with E-state index in [1.54, 1.807) is 12.3 Å². The van der Waals surface area contributed by atoms with Crippen LogP contribution >= 0.6 is 0 Å². The number of aromatic nitrogens is 1. The van der Waals surface area contributed by atoms with Crippen molar-refractivity contribution in [3.63, 3.8) is 0 Å². The first-order chi connectivity index (χ1) is 8.61. The van der Waals surface area contributed by atoms with Crippen LogP contribution in [0.15, 0.2) is 36.5 Å². The molecule has 0 bridgehead atoms. The number of hydrogen-bond donors (Lipinski definition) is 1. The molecular weight excluding hydrogens is 236 g/mol. The minimum absolute atomic E-state index is 0.168. The molecule has 18 heavy (non-hydrogen) atoms. The lowest BCUT2D eigenvalue weighted by Crippen LogP contribution is -2.06. The molecule has 1 aromatic heterocycles. The zero-order chi connectivity index (χ0) is 13.1. The van der Waals surface area contributed by atoms with Crippen LogP contribution in [0.1, 0.15) is 29.8 Å². The van der Waals surface area contributed by atoms with E-state index < -0.39 is 17.7 Å². The summed E-state index contributed by atoms with van der Waals surface area (Å²) in [6.45, 7) is 1.93. The van der Waals surface area contributed by atoms with Gasteiger partial charge >= 0.3 is 0 Å². The first-order valence-corrected chi connectivity index (χ1v) is 5.69. The molecule has 0 aliphatic heterocycles. The van der Waals surface area contributed by atoms with Crippen LogP contribution in [0, 0.1) is 11.6 Å². The fraction of sp³-hybridized carbons (Fsp3) is 0.214. The predicted molar refractivity (Wildman–Crippen MR) is 64.0 cm³/mol. The van der Waals surface area contributed by atoms with E-state index in [9.17, 15) is 13.9 Å². The number of hydrogen-bond acceptors (Lipinski definition) is 2. The number of rotatable bonds is 3. The molecule has 1 aromatic carbocycles. The minimum atomic E-state index is -1.12. The van der Waals surface area contributed by atoms with Gasteiger partial charge in [0.05, 0.1) is 5.69 Å². The van der Waals surface area contributed by atoms with E-state index in [0.717, 1.165) is 23.8 Å². The summed E-state index contributed by atoms with van der Waals surface area (Å²) >= 11 is 0. The molecule has 0 fully saturated rings. The summed E-state index contributed by atoms with van der Waals surface area (Å²) < 4.78 is 26.2. The van der Waals surface area contributed by atoms with Crippen LogP contribution < -0.4 is 0 Å². The third kappa shape index (κ3) is 2.54. The Hall–Kier alpha value is -1.81. The van der Waals surface area contributed by atoms with Crippen molar-refractivity contribution in [2.45, 2.75) is 19.4 Å². The van der Waals surface area contributed by atoms with Crippen molar-refractivity contribution in [3.8, 4) is 0 Å². The zero-order valence-electron chi connectivity index (χ0n) is 9.90. The van der Waals surface area contributed by atoms with E-state index in [2.05, 4.69) is 4.98 Å². The molecule has 0 aliphatic rings. The Labute approximate surface area is 104 Å². The fourth-order valence-corrected chi connectivity index (χ4v) is 1.89. The first kappa shape index (κ1) is 12.6. The van der Waals surface area contributed by atoms with Crippen molar-refractivity contribution in [1.29, 1.82) is 0 Å². The summed E-state index contributed by atoms with van der Waals surface area (Å²) in [5.74, 6) is -1.42. The molecule has 2 aromatic rings. The monoisotopic (exact) mass is 249 g/mol. The topological polar surface area (TPSA) is 33.1 Å². The highest BCUT2D eigenvalue weighted by Gasteiger charge is 2.16. The van der Waals surface area contributed by atoms with E-state index in [1.807, 2.05) is 13.0 Å². The average molecular weight is 249 g/mol. The van der Waals surface area contributed by atoms with Crippen LogP contribution in [0.2, 0.25) is 0 Å². The van der Waals surface area contributed by atoms with E-state index >= 15 is 0 Å². The van der Waals surface area contributed by atoms with Crippen LogP contribution in [0.3, 0.4) is 0 Å². The lowest BCUT2D eigenvalue weighted by molar-refractivity contribution is 0.213. The number of aliphatic hydroxyl groups is 1. The number of aliphatic hydroxyl groups excluding tert-OH is 1. The molecule has 0 aliphatic carbocycles. The first-order valence-electron chi connectivity index (χ1n) is 5.69. The van der Waals surface area contributed by atoms with Gasteiger partial charge in [-0.2, -0.15) is 0 Å². The van der Waals surface area contributed by atoms with Crippen molar-refractivity contribution in [1.82, 2.24) is 4.98 Å². The lowest BCUT2D eigenvalue weighted by Gasteiger charge is -2.14. The fourth-order valence-electron chi connectivity index (χ4n) is 1.89. The van der Waals surface area contributed by atoms with E-state index in [4.69, 9.17) is 0 Å². The van der Waals surface area contributed by atoms with Gasteiger partial charge in [0.1, 0.15) is 17.7 Å². The van der Waals surface area contributed by atoms with Gasteiger partial charge in [0.15, 0.2) is 0 Å². The maximum absolute atomic E-state index is 13.1. The average Bonchev–Trinajstić information content (AvgIpc) is 2.36. The molecular formula is C14H13F2NO. The number of nitrogens with zero attached hydrogens (tertiary/aromatic N) is 1. The molecule has 1 N–H and O–H groups in total. The number of pyridine rings is 1. The Bertz CT molecular complexity index is 537. The van der Waals surface area contributed by atoms with Crippen LogP contribution in [0.5, 0.6) is 0 Å². The second-order valence-electron chi connectivity index (χ2n) is 4.01. The normalized spacial score (nSPS) is 12.4. The van der Waals surface area contributed by atoms with Crippen molar-refractivity contribution >= 4 is 0 Å². The highest BCUT2D eigenvalue weighted by Crippen LogP contribution is 2.24. The van der Waals surface area contributed by atoms with Gasteiger partial charge in [-0.05, 0) is 35.7 Å². The lowest BCUT2D eigenvalue weighted by atomic mass is 10.0. The Morgan fingerprint density at radius 2 is 1.89 bits per heavy atom. The van der Waals surface area contributed by atoms with E-state index in [0.29, 0.717) is 12.1 Å². The van der Waals surface area contributed by atoms with Crippen molar-refractivity contribution in [2.24, 2.45) is 0 Å². The van der Waals surface area contributed by atoms with Crippen LogP contribution in [0.25, 0.3) is 0 Å². The Kier molecular flexibility index (Phi) is 3.67. The molecule has 0 spiro atoms. The van der Waals surface area contributed by atoms with Crippen LogP contribution in [-0.4, -0.2) is 10.1 Å². The molecule has 0 amide bonds. The summed E-state index contributed by atoms with van der Waals surface area (Å²) in [6, 6.07) is 6.60.